The van der Waals surface area contributed by atoms with Crippen molar-refractivity contribution in [1.29, 1.82) is 0 Å². The summed E-state index contributed by atoms with van der Waals surface area (Å²) in [6.07, 6.45) is 5.47. The lowest BCUT2D eigenvalue weighted by molar-refractivity contribution is 0.276. The van der Waals surface area contributed by atoms with Crippen molar-refractivity contribution in [2.75, 3.05) is 0 Å². The normalized spacial score (nSPS) is 13.9. The molecule has 88 valence electrons. The molecule has 1 aliphatic rings. The molecule has 0 radical (unpaired) electrons. The van der Waals surface area contributed by atoms with Gasteiger partial charge in [0, 0.05) is 0 Å². The predicted octanol–water partition coefficient (Wildman–Crippen LogP) is 1.31. The molecule has 17 heavy (non-hydrogen) atoms. The number of nitrogens with zero attached hydrogens (tertiary/aromatic N) is 3. The van der Waals surface area contributed by atoms with E-state index >= 15 is 0 Å². The molecule has 1 aliphatic carbocycles. The van der Waals surface area contributed by atoms with Gasteiger partial charge in [0.2, 0.25) is 0 Å². The molecule has 0 bridgehead atoms. The number of hydrogen-bond donors (Lipinski definition) is 1. The molecular formula is C13H15N3O. The highest BCUT2D eigenvalue weighted by molar-refractivity contribution is 5.35. The lowest BCUT2D eigenvalue weighted by Crippen LogP contribution is -2.01. The Kier molecular flexibility index (Phi) is 2.65. The van der Waals surface area contributed by atoms with Gasteiger partial charge in [-0.15, -0.1) is 5.10 Å². The molecule has 0 saturated carbocycles. The summed E-state index contributed by atoms with van der Waals surface area (Å²) < 4.78 is 1.77. The Morgan fingerprint density at radius 3 is 2.94 bits per heavy atom. The Morgan fingerprint density at radius 1 is 1.24 bits per heavy atom. The van der Waals surface area contributed by atoms with E-state index in [-0.39, 0.29) is 6.61 Å². The molecular weight excluding hydrogens is 214 g/mol. The topological polar surface area (TPSA) is 50.9 Å². The van der Waals surface area contributed by atoms with Crippen molar-refractivity contribution in [3.63, 3.8) is 0 Å². The van der Waals surface area contributed by atoms with Crippen LogP contribution in [-0.4, -0.2) is 20.1 Å². The van der Waals surface area contributed by atoms with Crippen molar-refractivity contribution in [3.05, 3.63) is 46.8 Å². The Bertz CT molecular complexity index is 533. The van der Waals surface area contributed by atoms with E-state index in [0.717, 1.165) is 6.54 Å². The van der Waals surface area contributed by atoms with Crippen molar-refractivity contribution in [1.82, 2.24) is 15.0 Å². The number of hydrogen-bond acceptors (Lipinski definition) is 3. The summed E-state index contributed by atoms with van der Waals surface area (Å²) in [5.41, 5.74) is 4.83. The average Bonchev–Trinajstić information content (AvgIpc) is 2.96. The highest BCUT2D eigenvalue weighted by Gasteiger charge is 2.11. The van der Waals surface area contributed by atoms with Crippen LogP contribution in [0, 0.1) is 0 Å². The van der Waals surface area contributed by atoms with Crippen LogP contribution in [0.25, 0.3) is 0 Å². The van der Waals surface area contributed by atoms with Gasteiger partial charge in [-0.25, -0.2) is 4.68 Å². The summed E-state index contributed by atoms with van der Waals surface area (Å²) in [5.74, 6) is 0. The lowest BCUT2D eigenvalue weighted by Gasteiger charge is -2.04. The van der Waals surface area contributed by atoms with Crippen molar-refractivity contribution in [2.45, 2.75) is 32.4 Å². The van der Waals surface area contributed by atoms with Gasteiger partial charge < -0.3 is 5.11 Å². The molecule has 0 fully saturated rings. The van der Waals surface area contributed by atoms with Gasteiger partial charge >= 0.3 is 0 Å². The smallest absolute Gasteiger partial charge is 0.108 e. The minimum absolute atomic E-state index is 0.0514. The standard InChI is InChI=1S/C13H15N3O/c17-9-13-8-16(15-14-13)7-10-4-5-11-2-1-3-12(11)6-10/h4-6,8,17H,1-3,7,9H2. The van der Waals surface area contributed by atoms with E-state index in [1.165, 1.54) is 36.0 Å². The number of aryl methyl sites for hydroxylation is 2. The summed E-state index contributed by atoms with van der Waals surface area (Å²) in [5, 5.41) is 16.8. The van der Waals surface area contributed by atoms with E-state index in [2.05, 4.69) is 28.5 Å². The fourth-order valence-corrected chi connectivity index (χ4v) is 2.40. The maximum atomic E-state index is 8.93. The van der Waals surface area contributed by atoms with Crippen molar-refractivity contribution < 1.29 is 5.11 Å². The number of aliphatic hydroxyl groups is 1. The highest BCUT2D eigenvalue weighted by atomic mass is 16.3. The zero-order valence-electron chi connectivity index (χ0n) is 9.63. The van der Waals surface area contributed by atoms with Crippen LogP contribution in [0.15, 0.2) is 24.4 Å². The Hall–Kier alpha value is -1.68. The first-order valence-corrected chi connectivity index (χ1v) is 5.96. The van der Waals surface area contributed by atoms with Gasteiger partial charge in [0.25, 0.3) is 0 Å². The molecule has 0 amide bonds. The first kappa shape index (κ1) is 10.5. The van der Waals surface area contributed by atoms with Crippen molar-refractivity contribution >= 4 is 0 Å². The first-order chi connectivity index (χ1) is 8.35. The zero-order valence-corrected chi connectivity index (χ0v) is 9.63. The molecule has 0 spiro atoms. The number of aromatic nitrogens is 3. The highest BCUT2D eigenvalue weighted by Crippen LogP contribution is 2.23. The van der Waals surface area contributed by atoms with Gasteiger partial charge in [0.15, 0.2) is 0 Å². The van der Waals surface area contributed by atoms with Crippen molar-refractivity contribution in [3.8, 4) is 0 Å². The Balaban J connectivity index is 1.80. The maximum Gasteiger partial charge on any atom is 0.108 e. The van der Waals surface area contributed by atoms with E-state index in [1.807, 2.05) is 0 Å². The number of aliphatic hydroxyl groups excluding tert-OH is 1. The van der Waals surface area contributed by atoms with Gasteiger partial charge in [-0.3, -0.25) is 0 Å². The van der Waals surface area contributed by atoms with Crippen molar-refractivity contribution in [2.24, 2.45) is 0 Å². The molecule has 1 N–H and O–H groups in total. The molecule has 1 aromatic carbocycles. The zero-order chi connectivity index (χ0) is 11.7. The second kappa shape index (κ2) is 4.30. The van der Waals surface area contributed by atoms with Crippen LogP contribution < -0.4 is 0 Å². The molecule has 2 aromatic rings. The minimum Gasteiger partial charge on any atom is -0.390 e. The minimum atomic E-state index is -0.0514. The second-order valence-corrected chi connectivity index (χ2v) is 4.52. The van der Waals surface area contributed by atoms with E-state index in [0.29, 0.717) is 5.69 Å². The van der Waals surface area contributed by atoms with E-state index < -0.39 is 0 Å². The van der Waals surface area contributed by atoms with Crippen LogP contribution >= 0.6 is 0 Å². The Morgan fingerprint density at radius 2 is 2.12 bits per heavy atom. The fourth-order valence-electron chi connectivity index (χ4n) is 2.40. The number of fused-ring (bicyclic) bond motifs is 1. The third-order valence-electron chi connectivity index (χ3n) is 3.26. The fraction of sp³-hybridized carbons (Fsp3) is 0.385. The third kappa shape index (κ3) is 2.08. The third-order valence-corrected chi connectivity index (χ3v) is 3.26. The Labute approximate surface area is 99.9 Å². The predicted molar refractivity (Wildman–Crippen MR) is 63.5 cm³/mol. The van der Waals surface area contributed by atoms with Gasteiger partial charge in [0.05, 0.1) is 19.3 Å². The van der Waals surface area contributed by atoms with Crippen LogP contribution in [0.3, 0.4) is 0 Å². The van der Waals surface area contributed by atoms with Gasteiger partial charge in [-0.05, 0) is 36.0 Å². The maximum absolute atomic E-state index is 8.93. The first-order valence-electron chi connectivity index (χ1n) is 5.96. The van der Waals surface area contributed by atoms with E-state index in [9.17, 15) is 0 Å². The molecule has 0 saturated heterocycles. The largest absolute Gasteiger partial charge is 0.390 e. The quantitative estimate of drug-likeness (QED) is 0.863. The van der Waals surface area contributed by atoms with E-state index in [4.69, 9.17) is 5.11 Å². The van der Waals surface area contributed by atoms with Crippen LogP contribution in [-0.2, 0) is 26.0 Å². The molecule has 0 aliphatic heterocycles. The van der Waals surface area contributed by atoms with Gasteiger partial charge in [0.1, 0.15) is 5.69 Å². The van der Waals surface area contributed by atoms with Crippen LogP contribution in [0.1, 0.15) is 28.8 Å². The van der Waals surface area contributed by atoms with E-state index in [1.54, 1.807) is 10.9 Å². The van der Waals surface area contributed by atoms with Crippen LogP contribution in [0.4, 0.5) is 0 Å². The molecule has 1 aromatic heterocycles. The molecule has 4 heteroatoms. The summed E-state index contributed by atoms with van der Waals surface area (Å²) in [6, 6.07) is 6.65. The van der Waals surface area contributed by atoms with Crippen LogP contribution in [0.2, 0.25) is 0 Å². The average molecular weight is 229 g/mol. The molecule has 1 heterocycles. The second-order valence-electron chi connectivity index (χ2n) is 4.52. The van der Waals surface area contributed by atoms with Crippen LogP contribution in [0.5, 0.6) is 0 Å². The summed E-state index contributed by atoms with van der Waals surface area (Å²) in [6.45, 7) is 0.671. The number of rotatable bonds is 3. The molecule has 4 nitrogen and oxygen atoms in total. The molecule has 0 unspecified atom stereocenters. The summed E-state index contributed by atoms with van der Waals surface area (Å²) >= 11 is 0. The number of benzene rings is 1. The van der Waals surface area contributed by atoms with Gasteiger partial charge in [-0.1, -0.05) is 23.4 Å². The molecule has 0 atom stereocenters. The molecule has 3 rings (SSSR count). The SMILES string of the molecule is OCc1cn(Cc2ccc3c(c2)CCC3)nn1. The summed E-state index contributed by atoms with van der Waals surface area (Å²) in [7, 11) is 0. The summed E-state index contributed by atoms with van der Waals surface area (Å²) in [4.78, 5) is 0. The monoisotopic (exact) mass is 229 g/mol. The van der Waals surface area contributed by atoms with Gasteiger partial charge in [-0.2, -0.15) is 0 Å². The lowest BCUT2D eigenvalue weighted by atomic mass is 10.1.